The Morgan fingerprint density at radius 2 is 2.00 bits per heavy atom. The van der Waals surface area contributed by atoms with Gasteiger partial charge in [0.1, 0.15) is 5.82 Å². The SMILES string of the molecule is CN(C)C(=O)Nc1c(F)cc(F)cc1[N+](=O)[O-]. The van der Waals surface area contributed by atoms with Crippen LogP contribution in [0.1, 0.15) is 0 Å². The van der Waals surface area contributed by atoms with Crippen LogP contribution in [0.3, 0.4) is 0 Å². The van der Waals surface area contributed by atoms with Gasteiger partial charge in [-0.3, -0.25) is 15.4 Å². The molecule has 17 heavy (non-hydrogen) atoms. The van der Waals surface area contributed by atoms with Gasteiger partial charge in [0.05, 0.1) is 11.0 Å². The first-order valence-electron chi connectivity index (χ1n) is 4.44. The molecule has 0 heterocycles. The van der Waals surface area contributed by atoms with Crippen LogP contribution in [-0.4, -0.2) is 29.9 Å². The van der Waals surface area contributed by atoms with Crippen LogP contribution in [0.2, 0.25) is 0 Å². The molecule has 6 nitrogen and oxygen atoms in total. The highest BCUT2D eigenvalue weighted by Crippen LogP contribution is 2.28. The van der Waals surface area contributed by atoms with Crippen molar-refractivity contribution >= 4 is 17.4 Å². The summed E-state index contributed by atoms with van der Waals surface area (Å²) in [6, 6.07) is 0.241. The van der Waals surface area contributed by atoms with Gasteiger partial charge >= 0.3 is 6.03 Å². The molecule has 8 heteroatoms. The minimum absolute atomic E-state index is 0.457. The Morgan fingerprint density at radius 1 is 1.41 bits per heavy atom. The lowest BCUT2D eigenvalue weighted by atomic mass is 10.2. The summed E-state index contributed by atoms with van der Waals surface area (Å²) in [5.74, 6) is -2.29. The summed E-state index contributed by atoms with van der Waals surface area (Å²) < 4.78 is 26.1. The largest absolute Gasteiger partial charge is 0.331 e. The average Bonchev–Trinajstić information content (AvgIpc) is 2.20. The number of rotatable bonds is 2. The van der Waals surface area contributed by atoms with Gasteiger partial charge in [0.2, 0.25) is 0 Å². The van der Waals surface area contributed by atoms with Crippen LogP contribution < -0.4 is 5.32 Å². The van der Waals surface area contributed by atoms with Gasteiger partial charge in [0, 0.05) is 20.2 Å². The van der Waals surface area contributed by atoms with E-state index in [9.17, 15) is 23.7 Å². The Kier molecular flexibility index (Phi) is 3.56. The fourth-order valence-electron chi connectivity index (χ4n) is 1.05. The van der Waals surface area contributed by atoms with Crippen molar-refractivity contribution in [1.29, 1.82) is 0 Å². The lowest BCUT2D eigenvalue weighted by Gasteiger charge is -2.12. The normalized spacial score (nSPS) is 9.88. The maximum Gasteiger partial charge on any atom is 0.321 e. The molecule has 1 N–H and O–H groups in total. The van der Waals surface area contributed by atoms with Gasteiger partial charge in [-0.1, -0.05) is 0 Å². The average molecular weight is 245 g/mol. The smallest absolute Gasteiger partial charge is 0.321 e. The summed E-state index contributed by atoms with van der Waals surface area (Å²) in [6.45, 7) is 0. The van der Waals surface area contributed by atoms with E-state index >= 15 is 0 Å². The molecule has 0 aliphatic heterocycles. The van der Waals surface area contributed by atoms with E-state index in [0.717, 1.165) is 4.90 Å². The number of hydrogen-bond donors (Lipinski definition) is 1. The second-order valence-electron chi connectivity index (χ2n) is 3.36. The van der Waals surface area contributed by atoms with Crippen molar-refractivity contribution in [2.45, 2.75) is 0 Å². The van der Waals surface area contributed by atoms with Gasteiger partial charge < -0.3 is 4.90 Å². The zero-order valence-corrected chi connectivity index (χ0v) is 9.03. The topological polar surface area (TPSA) is 75.5 Å². The molecule has 1 aromatic carbocycles. The van der Waals surface area contributed by atoms with E-state index in [1.807, 2.05) is 5.32 Å². The Balaban J connectivity index is 3.22. The van der Waals surface area contributed by atoms with Crippen molar-refractivity contribution in [2.24, 2.45) is 0 Å². The second-order valence-corrected chi connectivity index (χ2v) is 3.36. The molecule has 0 saturated heterocycles. The van der Waals surface area contributed by atoms with E-state index < -0.39 is 34.0 Å². The summed E-state index contributed by atoms with van der Waals surface area (Å²) in [7, 11) is 2.76. The molecule has 1 rings (SSSR count). The number of hydrogen-bond acceptors (Lipinski definition) is 3. The van der Waals surface area contributed by atoms with Crippen molar-refractivity contribution < 1.29 is 18.5 Å². The maximum atomic E-state index is 13.3. The third kappa shape index (κ3) is 2.86. The van der Waals surface area contributed by atoms with Crippen molar-refractivity contribution in [3.8, 4) is 0 Å². The molecule has 0 unspecified atom stereocenters. The van der Waals surface area contributed by atoms with Gasteiger partial charge in [-0.05, 0) is 0 Å². The van der Waals surface area contributed by atoms with E-state index in [4.69, 9.17) is 0 Å². The van der Waals surface area contributed by atoms with E-state index in [0.29, 0.717) is 12.1 Å². The summed E-state index contributed by atoms with van der Waals surface area (Å²) in [6.07, 6.45) is 0. The highest BCUT2D eigenvalue weighted by molar-refractivity contribution is 5.91. The van der Waals surface area contributed by atoms with E-state index in [1.165, 1.54) is 14.1 Å². The number of halogens is 2. The molecule has 0 bridgehead atoms. The molecule has 0 aliphatic carbocycles. The van der Waals surface area contributed by atoms with Crippen LogP contribution in [0.5, 0.6) is 0 Å². The lowest BCUT2D eigenvalue weighted by Crippen LogP contribution is -2.28. The predicted octanol–water partition coefficient (Wildman–Crippen LogP) is 1.97. The van der Waals surface area contributed by atoms with Crippen molar-refractivity contribution in [2.75, 3.05) is 19.4 Å². The Hall–Kier alpha value is -2.25. The molecule has 0 aliphatic rings. The first-order valence-corrected chi connectivity index (χ1v) is 4.44. The van der Waals surface area contributed by atoms with Crippen molar-refractivity contribution in [3.63, 3.8) is 0 Å². The number of nitrogens with one attached hydrogen (secondary N) is 1. The summed E-state index contributed by atoms with van der Waals surface area (Å²) in [5, 5.41) is 12.6. The number of anilines is 1. The first kappa shape index (κ1) is 12.8. The van der Waals surface area contributed by atoms with E-state index in [2.05, 4.69) is 0 Å². The number of carbonyl (C=O) groups is 1. The van der Waals surface area contributed by atoms with Gasteiger partial charge in [-0.25, -0.2) is 13.6 Å². The quantitative estimate of drug-likeness (QED) is 0.639. The van der Waals surface area contributed by atoms with Crippen LogP contribution in [0.15, 0.2) is 12.1 Å². The standard InChI is InChI=1S/C9H9F2N3O3/c1-13(2)9(15)12-8-6(11)3-5(10)4-7(8)14(16)17/h3-4H,1-2H3,(H,12,15). The highest BCUT2D eigenvalue weighted by Gasteiger charge is 2.22. The number of carbonyl (C=O) groups excluding carboxylic acids is 1. The molecule has 92 valence electrons. The number of nitro groups is 1. The molecule has 0 radical (unpaired) electrons. The summed E-state index contributed by atoms with van der Waals surface area (Å²) in [5.41, 5.74) is -1.49. The molecular weight excluding hydrogens is 236 g/mol. The minimum Gasteiger partial charge on any atom is -0.331 e. The number of nitro benzene ring substituents is 1. The molecule has 0 aromatic heterocycles. The van der Waals surface area contributed by atoms with Crippen LogP contribution in [0, 0.1) is 21.7 Å². The van der Waals surface area contributed by atoms with E-state index in [1.54, 1.807) is 0 Å². The Labute approximate surface area is 95.0 Å². The molecule has 0 atom stereocenters. The fourth-order valence-corrected chi connectivity index (χ4v) is 1.05. The lowest BCUT2D eigenvalue weighted by molar-refractivity contribution is -0.384. The fraction of sp³-hybridized carbons (Fsp3) is 0.222. The zero-order valence-electron chi connectivity index (χ0n) is 9.03. The highest BCUT2D eigenvalue weighted by atomic mass is 19.1. The molecule has 0 fully saturated rings. The molecule has 0 saturated carbocycles. The first-order chi connectivity index (χ1) is 7.82. The predicted molar refractivity (Wildman–Crippen MR) is 55.7 cm³/mol. The van der Waals surface area contributed by atoms with Gasteiger partial charge in [0.25, 0.3) is 5.69 Å². The second kappa shape index (κ2) is 4.73. The number of amides is 2. The number of urea groups is 1. The minimum atomic E-state index is -1.20. The van der Waals surface area contributed by atoms with Crippen molar-refractivity contribution in [3.05, 3.63) is 33.9 Å². The third-order valence-corrected chi connectivity index (χ3v) is 1.87. The van der Waals surface area contributed by atoms with Gasteiger partial charge in [0.15, 0.2) is 11.5 Å². The molecular formula is C9H9F2N3O3. The zero-order chi connectivity index (χ0) is 13.2. The van der Waals surface area contributed by atoms with Crippen molar-refractivity contribution in [1.82, 2.24) is 4.90 Å². The third-order valence-electron chi connectivity index (χ3n) is 1.87. The summed E-state index contributed by atoms with van der Waals surface area (Å²) in [4.78, 5) is 21.9. The van der Waals surface area contributed by atoms with Crippen LogP contribution in [0.4, 0.5) is 25.0 Å². The Bertz CT molecular complexity index is 477. The molecule has 1 aromatic rings. The Morgan fingerprint density at radius 3 is 2.47 bits per heavy atom. The number of benzene rings is 1. The van der Waals surface area contributed by atoms with Crippen LogP contribution in [-0.2, 0) is 0 Å². The molecule has 2 amide bonds. The summed E-state index contributed by atoms with van der Waals surface area (Å²) >= 11 is 0. The molecule has 0 spiro atoms. The monoisotopic (exact) mass is 245 g/mol. The maximum absolute atomic E-state index is 13.3. The van der Waals surface area contributed by atoms with Crippen LogP contribution >= 0.6 is 0 Å². The van der Waals surface area contributed by atoms with E-state index in [-0.39, 0.29) is 0 Å². The number of nitrogens with zero attached hydrogens (tertiary/aromatic N) is 2. The van der Waals surface area contributed by atoms with Gasteiger partial charge in [-0.2, -0.15) is 0 Å². The van der Waals surface area contributed by atoms with Gasteiger partial charge in [-0.15, -0.1) is 0 Å². The van der Waals surface area contributed by atoms with Crippen LogP contribution in [0.25, 0.3) is 0 Å².